The Kier molecular flexibility index (Phi) is 3.38. The van der Waals surface area contributed by atoms with Gasteiger partial charge in [0.2, 0.25) is 0 Å². The van der Waals surface area contributed by atoms with Crippen LogP contribution in [0.3, 0.4) is 0 Å². The van der Waals surface area contributed by atoms with Crippen molar-refractivity contribution in [2.75, 3.05) is 5.73 Å². The molecule has 0 heterocycles. The molecule has 4 nitrogen and oxygen atoms in total. The van der Waals surface area contributed by atoms with Crippen LogP contribution in [0.25, 0.3) is 12.2 Å². The molecule has 0 saturated carbocycles. The number of rotatable bonds is 3. The lowest BCUT2D eigenvalue weighted by molar-refractivity contribution is -0.384. The smallest absolute Gasteiger partial charge is 0.270 e. The molecule has 4 heteroatoms. The van der Waals surface area contributed by atoms with Crippen molar-refractivity contribution in [3.8, 4) is 0 Å². The van der Waals surface area contributed by atoms with Crippen LogP contribution >= 0.6 is 0 Å². The molecular weight excluding hydrogens is 228 g/mol. The second-order valence-corrected chi connectivity index (χ2v) is 3.86. The summed E-state index contributed by atoms with van der Waals surface area (Å²) in [7, 11) is 0. The van der Waals surface area contributed by atoms with Crippen molar-refractivity contribution in [3.05, 3.63) is 69.8 Å². The van der Waals surface area contributed by atoms with E-state index in [1.165, 1.54) is 12.1 Å². The van der Waals surface area contributed by atoms with Gasteiger partial charge in [0.05, 0.1) is 4.92 Å². The van der Waals surface area contributed by atoms with Gasteiger partial charge in [-0.2, -0.15) is 0 Å². The highest BCUT2D eigenvalue weighted by molar-refractivity contribution is 5.71. The van der Waals surface area contributed by atoms with Crippen molar-refractivity contribution in [2.24, 2.45) is 0 Å². The summed E-state index contributed by atoms with van der Waals surface area (Å²) in [6.45, 7) is 0. The first-order chi connectivity index (χ1) is 8.65. The quantitative estimate of drug-likeness (QED) is 0.387. The number of benzene rings is 2. The number of hydrogen-bond donors (Lipinski definition) is 1. The molecule has 0 unspecified atom stereocenters. The molecule has 0 saturated heterocycles. The number of nitrogens with two attached hydrogens (primary N) is 1. The van der Waals surface area contributed by atoms with E-state index in [2.05, 4.69) is 0 Å². The van der Waals surface area contributed by atoms with Gasteiger partial charge in [0.25, 0.3) is 5.69 Å². The summed E-state index contributed by atoms with van der Waals surface area (Å²) in [6, 6.07) is 13.9. The lowest BCUT2D eigenvalue weighted by Gasteiger charge is -1.97. The van der Waals surface area contributed by atoms with E-state index < -0.39 is 4.92 Å². The van der Waals surface area contributed by atoms with Crippen LogP contribution in [0.5, 0.6) is 0 Å². The lowest BCUT2D eigenvalue weighted by atomic mass is 10.1. The summed E-state index contributed by atoms with van der Waals surface area (Å²) >= 11 is 0. The van der Waals surface area contributed by atoms with Crippen molar-refractivity contribution < 1.29 is 4.92 Å². The van der Waals surface area contributed by atoms with Gasteiger partial charge in [-0.15, -0.1) is 0 Å². The minimum absolute atomic E-state index is 0.0877. The van der Waals surface area contributed by atoms with Gasteiger partial charge < -0.3 is 5.73 Å². The Morgan fingerprint density at radius 1 is 1.00 bits per heavy atom. The van der Waals surface area contributed by atoms with Gasteiger partial charge in [0, 0.05) is 17.8 Å². The van der Waals surface area contributed by atoms with E-state index in [4.69, 9.17) is 5.73 Å². The zero-order chi connectivity index (χ0) is 13.0. The van der Waals surface area contributed by atoms with E-state index in [9.17, 15) is 10.1 Å². The average molecular weight is 240 g/mol. The van der Waals surface area contributed by atoms with E-state index in [1.54, 1.807) is 6.07 Å². The monoisotopic (exact) mass is 240 g/mol. The third-order valence-electron chi connectivity index (χ3n) is 2.46. The molecule has 2 aromatic carbocycles. The van der Waals surface area contributed by atoms with E-state index in [0.29, 0.717) is 5.69 Å². The predicted octanol–water partition coefficient (Wildman–Crippen LogP) is 3.35. The molecule has 0 aromatic heterocycles. The fourth-order valence-corrected chi connectivity index (χ4v) is 1.60. The molecular formula is C14H12N2O2. The van der Waals surface area contributed by atoms with Crippen LogP contribution in [0.4, 0.5) is 11.4 Å². The van der Waals surface area contributed by atoms with Gasteiger partial charge in [-0.05, 0) is 23.3 Å². The summed E-state index contributed by atoms with van der Waals surface area (Å²) in [4.78, 5) is 10.2. The zero-order valence-corrected chi connectivity index (χ0v) is 9.61. The van der Waals surface area contributed by atoms with Gasteiger partial charge in [-0.1, -0.05) is 36.4 Å². The van der Waals surface area contributed by atoms with E-state index in [0.717, 1.165) is 11.1 Å². The maximum absolute atomic E-state index is 10.6. The van der Waals surface area contributed by atoms with Crippen LogP contribution in [0.1, 0.15) is 11.1 Å². The molecule has 0 bridgehead atoms. The molecule has 90 valence electrons. The Balaban J connectivity index is 2.23. The molecule has 0 atom stereocenters. The molecule has 2 aromatic rings. The van der Waals surface area contributed by atoms with E-state index in [1.807, 2.05) is 42.5 Å². The van der Waals surface area contributed by atoms with Crippen molar-refractivity contribution in [2.45, 2.75) is 0 Å². The first kappa shape index (κ1) is 11.9. The summed E-state index contributed by atoms with van der Waals surface area (Å²) < 4.78 is 0. The van der Waals surface area contributed by atoms with Gasteiger partial charge in [0.1, 0.15) is 0 Å². The van der Waals surface area contributed by atoms with Crippen LogP contribution in [0, 0.1) is 10.1 Å². The van der Waals surface area contributed by atoms with E-state index in [-0.39, 0.29) is 5.69 Å². The predicted molar refractivity (Wildman–Crippen MR) is 72.9 cm³/mol. The summed E-state index contributed by atoms with van der Waals surface area (Å²) in [5, 5.41) is 10.6. The number of nitro benzene ring substituents is 1. The molecule has 0 amide bonds. The SMILES string of the molecule is Nc1cccc(/C=C/c2cccc([N+](=O)[O-])c2)c1. The molecule has 0 aliphatic carbocycles. The molecule has 0 radical (unpaired) electrons. The van der Waals surface area contributed by atoms with Gasteiger partial charge in [-0.25, -0.2) is 0 Å². The highest BCUT2D eigenvalue weighted by Crippen LogP contribution is 2.16. The molecule has 2 N–H and O–H groups in total. The number of hydrogen-bond acceptors (Lipinski definition) is 3. The lowest BCUT2D eigenvalue weighted by Crippen LogP contribution is -1.87. The first-order valence-electron chi connectivity index (χ1n) is 5.43. The summed E-state index contributed by atoms with van der Waals surface area (Å²) in [5.74, 6) is 0. The van der Waals surface area contributed by atoms with Crippen LogP contribution in [-0.2, 0) is 0 Å². The zero-order valence-electron chi connectivity index (χ0n) is 9.61. The number of non-ortho nitro benzene ring substituents is 1. The van der Waals surface area contributed by atoms with Crippen molar-refractivity contribution in [1.29, 1.82) is 0 Å². The highest BCUT2D eigenvalue weighted by atomic mass is 16.6. The van der Waals surface area contributed by atoms with E-state index >= 15 is 0 Å². The van der Waals surface area contributed by atoms with Gasteiger partial charge >= 0.3 is 0 Å². The minimum atomic E-state index is -0.405. The van der Waals surface area contributed by atoms with Crippen LogP contribution in [0.2, 0.25) is 0 Å². The first-order valence-corrected chi connectivity index (χ1v) is 5.43. The summed E-state index contributed by atoms with van der Waals surface area (Å²) in [5.41, 5.74) is 8.19. The average Bonchev–Trinajstić information content (AvgIpc) is 2.37. The van der Waals surface area contributed by atoms with Crippen molar-refractivity contribution >= 4 is 23.5 Å². The minimum Gasteiger partial charge on any atom is -0.399 e. The molecule has 0 spiro atoms. The van der Waals surface area contributed by atoms with Crippen molar-refractivity contribution in [3.63, 3.8) is 0 Å². The largest absolute Gasteiger partial charge is 0.399 e. The Hall–Kier alpha value is -2.62. The maximum Gasteiger partial charge on any atom is 0.270 e. The molecule has 0 fully saturated rings. The molecule has 18 heavy (non-hydrogen) atoms. The van der Waals surface area contributed by atoms with Crippen molar-refractivity contribution in [1.82, 2.24) is 0 Å². The molecule has 0 aliphatic rings. The Labute approximate surface area is 105 Å². The molecule has 0 aliphatic heterocycles. The summed E-state index contributed by atoms with van der Waals surface area (Å²) in [6.07, 6.45) is 3.69. The normalized spacial score (nSPS) is 10.7. The van der Waals surface area contributed by atoms with Gasteiger partial charge in [-0.3, -0.25) is 10.1 Å². The number of nitrogens with zero attached hydrogens (tertiary/aromatic N) is 1. The number of nitro groups is 1. The number of anilines is 1. The molecule has 2 rings (SSSR count). The highest BCUT2D eigenvalue weighted by Gasteiger charge is 2.03. The van der Waals surface area contributed by atoms with Crippen LogP contribution in [0.15, 0.2) is 48.5 Å². The Morgan fingerprint density at radius 3 is 2.22 bits per heavy atom. The van der Waals surface area contributed by atoms with Gasteiger partial charge in [0.15, 0.2) is 0 Å². The standard InChI is InChI=1S/C14H12N2O2/c15-13-5-1-3-11(9-13)7-8-12-4-2-6-14(10-12)16(17)18/h1-10H,15H2/b8-7+. The van der Waals surface area contributed by atoms with Crippen LogP contribution in [-0.4, -0.2) is 4.92 Å². The second kappa shape index (κ2) is 5.14. The second-order valence-electron chi connectivity index (χ2n) is 3.86. The fourth-order valence-electron chi connectivity index (χ4n) is 1.60. The Morgan fingerprint density at radius 2 is 1.61 bits per heavy atom. The van der Waals surface area contributed by atoms with Crippen LogP contribution < -0.4 is 5.73 Å². The maximum atomic E-state index is 10.6. The third-order valence-corrected chi connectivity index (χ3v) is 2.46. The number of nitrogen functional groups attached to an aromatic ring is 1. The Bertz CT molecular complexity index is 606. The third kappa shape index (κ3) is 2.95. The fraction of sp³-hybridized carbons (Fsp3) is 0. The topological polar surface area (TPSA) is 69.2 Å².